The number of carbonyl (C=O) groups excluding carboxylic acids is 2. The first-order valence-corrected chi connectivity index (χ1v) is 3.69. The Balaban J connectivity index is 2.29. The lowest BCUT2D eigenvalue weighted by atomic mass is 9.88. The molecule has 2 bridgehead atoms. The molecule has 0 aromatic rings. The van der Waals surface area contributed by atoms with Gasteiger partial charge in [0.1, 0.15) is 6.10 Å². The van der Waals surface area contributed by atoms with Crippen LogP contribution in [0.3, 0.4) is 0 Å². The van der Waals surface area contributed by atoms with Gasteiger partial charge >= 0.3 is 5.97 Å². The number of ether oxygens (including phenoxy) is 1. The molecule has 0 unspecified atom stereocenters. The second-order valence-corrected chi connectivity index (χ2v) is 2.90. The minimum Gasteiger partial charge on any atom is -0.456 e. The summed E-state index contributed by atoms with van der Waals surface area (Å²) in [6, 6.07) is 0. The van der Waals surface area contributed by atoms with Gasteiger partial charge in [-0.25, -0.2) is 4.79 Å². The van der Waals surface area contributed by atoms with Gasteiger partial charge < -0.3 is 4.74 Å². The molecule has 58 valence electrons. The Hall–Kier alpha value is -1.12. The van der Waals surface area contributed by atoms with Crippen LogP contribution in [-0.4, -0.2) is 17.9 Å². The molecular formula is C8H8O3. The Morgan fingerprint density at radius 3 is 3.09 bits per heavy atom. The van der Waals surface area contributed by atoms with E-state index in [0.717, 1.165) is 6.42 Å². The van der Waals surface area contributed by atoms with Gasteiger partial charge in [-0.05, 0) is 6.42 Å². The number of hydrogen-bond acceptors (Lipinski definition) is 3. The van der Waals surface area contributed by atoms with Gasteiger partial charge in [-0.1, -0.05) is 12.2 Å². The lowest BCUT2D eigenvalue weighted by Gasteiger charge is -2.28. The van der Waals surface area contributed by atoms with Crippen LogP contribution >= 0.6 is 0 Å². The third kappa shape index (κ3) is 0.964. The number of hydrogen-bond donors (Lipinski definition) is 0. The molecule has 2 aliphatic rings. The second-order valence-electron chi connectivity index (χ2n) is 2.90. The number of Topliss-reactive ketones (excluding diaryl/α,β-unsaturated/α-hetero) is 1. The monoisotopic (exact) mass is 152 g/mol. The van der Waals surface area contributed by atoms with E-state index in [0.29, 0.717) is 6.42 Å². The quantitative estimate of drug-likeness (QED) is 0.287. The molecule has 2 atom stereocenters. The fraction of sp³-hybridized carbons (Fsp3) is 0.500. The van der Waals surface area contributed by atoms with Crippen LogP contribution in [0.15, 0.2) is 12.2 Å². The second kappa shape index (κ2) is 2.19. The smallest absolute Gasteiger partial charge is 0.375 e. The van der Waals surface area contributed by atoms with E-state index in [1.165, 1.54) is 0 Å². The Morgan fingerprint density at radius 2 is 2.27 bits per heavy atom. The van der Waals surface area contributed by atoms with Crippen LogP contribution < -0.4 is 0 Å². The molecule has 0 saturated carbocycles. The maximum absolute atomic E-state index is 11.0. The van der Waals surface area contributed by atoms with Crippen molar-refractivity contribution in [2.75, 3.05) is 0 Å². The van der Waals surface area contributed by atoms with Gasteiger partial charge in [0.15, 0.2) is 0 Å². The first kappa shape index (κ1) is 6.58. The van der Waals surface area contributed by atoms with Crippen molar-refractivity contribution >= 4 is 11.8 Å². The zero-order chi connectivity index (χ0) is 7.84. The van der Waals surface area contributed by atoms with Crippen molar-refractivity contribution in [3.8, 4) is 0 Å². The van der Waals surface area contributed by atoms with Crippen LogP contribution in [0.1, 0.15) is 12.8 Å². The van der Waals surface area contributed by atoms with E-state index in [9.17, 15) is 9.59 Å². The van der Waals surface area contributed by atoms with Crippen LogP contribution in [0, 0.1) is 5.92 Å². The van der Waals surface area contributed by atoms with E-state index in [1.54, 1.807) is 6.08 Å². The van der Waals surface area contributed by atoms with Crippen LogP contribution in [0.25, 0.3) is 0 Å². The zero-order valence-electron chi connectivity index (χ0n) is 5.95. The standard InChI is InChI=1S/C8H8O3/c9-7-5-2-1-3-6(4-5)11-8(7)10/h1-2,5-6H,3-4H2/t5-,6+/m1/s1. The summed E-state index contributed by atoms with van der Waals surface area (Å²) >= 11 is 0. The fourth-order valence-electron chi connectivity index (χ4n) is 1.50. The van der Waals surface area contributed by atoms with Gasteiger partial charge in [-0.2, -0.15) is 0 Å². The Bertz CT molecular complexity index is 242. The zero-order valence-corrected chi connectivity index (χ0v) is 5.95. The minimum absolute atomic E-state index is 0.0461. The summed E-state index contributed by atoms with van der Waals surface area (Å²) in [6.45, 7) is 0. The van der Waals surface area contributed by atoms with E-state index in [4.69, 9.17) is 4.74 Å². The first-order valence-electron chi connectivity index (χ1n) is 3.69. The molecule has 0 spiro atoms. The average Bonchev–Trinajstić information content (AvgIpc) is 2.01. The van der Waals surface area contributed by atoms with Gasteiger partial charge in [0.25, 0.3) is 0 Å². The fourth-order valence-corrected chi connectivity index (χ4v) is 1.50. The molecule has 3 heteroatoms. The maximum atomic E-state index is 11.0. The number of allylic oxidation sites excluding steroid dienone is 1. The van der Waals surface area contributed by atoms with Gasteiger partial charge in [0, 0.05) is 6.42 Å². The van der Waals surface area contributed by atoms with Crippen molar-refractivity contribution in [1.29, 1.82) is 0 Å². The van der Waals surface area contributed by atoms with E-state index in [1.807, 2.05) is 6.08 Å². The Labute approximate surface area is 64.0 Å². The Kier molecular flexibility index (Phi) is 1.31. The Morgan fingerprint density at radius 1 is 1.45 bits per heavy atom. The molecule has 11 heavy (non-hydrogen) atoms. The number of rotatable bonds is 0. The van der Waals surface area contributed by atoms with Crippen molar-refractivity contribution in [1.82, 2.24) is 0 Å². The lowest BCUT2D eigenvalue weighted by Crippen LogP contribution is -2.39. The van der Waals surface area contributed by atoms with E-state index >= 15 is 0 Å². The summed E-state index contributed by atoms with van der Waals surface area (Å²) in [5.74, 6) is -1.25. The van der Waals surface area contributed by atoms with Crippen molar-refractivity contribution in [3.63, 3.8) is 0 Å². The van der Waals surface area contributed by atoms with Crippen LogP contribution in [0.4, 0.5) is 0 Å². The van der Waals surface area contributed by atoms with Crippen molar-refractivity contribution < 1.29 is 14.3 Å². The molecule has 0 amide bonds. The molecule has 0 aromatic carbocycles. The number of ketones is 1. The third-order valence-corrected chi connectivity index (χ3v) is 2.10. The maximum Gasteiger partial charge on any atom is 0.375 e. The number of carbonyl (C=O) groups is 2. The molecule has 1 fully saturated rings. The van der Waals surface area contributed by atoms with Crippen LogP contribution in [-0.2, 0) is 14.3 Å². The largest absolute Gasteiger partial charge is 0.456 e. The van der Waals surface area contributed by atoms with E-state index in [2.05, 4.69) is 0 Å². The van der Waals surface area contributed by atoms with E-state index < -0.39 is 11.8 Å². The molecule has 1 aliphatic carbocycles. The summed E-state index contributed by atoms with van der Waals surface area (Å²) in [5.41, 5.74) is 0. The van der Waals surface area contributed by atoms with Crippen LogP contribution in [0.2, 0.25) is 0 Å². The van der Waals surface area contributed by atoms with Crippen molar-refractivity contribution in [2.45, 2.75) is 18.9 Å². The molecule has 0 N–H and O–H groups in total. The average molecular weight is 152 g/mol. The van der Waals surface area contributed by atoms with E-state index in [-0.39, 0.29) is 12.0 Å². The molecule has 0 aromatic heterocycles. The summed E-state index contributed by atoms with van der Waals surface area (Å²) < 4.78 is 4.83. The summed E-state index contributed by atoms with van der Waals surface area (Å²) in [7, 11) is 0. The third-order valence-electron chi connectivity index (χ3n) is 2.10. The first-order chi connectivity index (χ1) is 5.27. The molecule has 1 aliphatic heterocycles. The number of esters is 1. The normalized spacial score (nSPS) is 35.3. The highest BCUT2D eigenvalue weighted by Crippen LogP contribution is 2.26. The predicted molar refractivity (Wildman–Crippen MR) is 36.8 cm³/mol. The summed E-state index contributed by atoms with van der Waals surface area (Å²) in [6.07, 6.45) is 5.11. The van der Waals surface area contributed by atoms with Gasteiger partial charge in [-0.3, -0.25) is 4.79 Å². The molecular weight excluding hydrogens is 144 g/mol. The number of fused-ring (bicyclic) bond motifs is 2. The highest BCUT2D eigenvalue weighted by Gasteiger charge is 2.36. The van der Waals surface area contributed by atoms with Crippen molar-refractivity contribution in [3.05, 3.63) is 12.2 Å². The summed E-state index contributed by atoms with van der Waals surface area (Å²) in [5, 5.41) is 0. The van der Waals surface area contributed by atoms with Crippen molar-refractivity contribution in [2.24, 2.45) is 5.92 Å². The molecule has 2 rings (SSSR count). The van der Waals surface area contributed by atoms with Gasteiger partial charge in [0.2, 0.25) is 5.78 Å². The van der Waals surface area contributed by atoms with Gasteiger partial charge in [0.05, 0.1) is 5.92 Å². The predicted octanol–water partition coefficient (Wildman–Crippen LogP) is 0.447. The molecule has 1 saturated heterocycles. The topological polar surface area (TPSA) is 43.4 Å². The highest BCUT2D eigenvalue weighted by molar-refractivity contribution is 6.35. The molecule has 3 nitrogen and oxygen atoms in total. The SMILES string of the molecule is O=C1O[C@H]2CC=C[C@H](C2)C1=O. The summed E-state index contributed by atoms with van der Waals surface area (Å²) in [4.78, 5) is 21.8. The lowest BCUT2D eigenvalue weighted by molar-refractivity contribution is -0.165. The minimum atomic E-state index is -0.657. The van der Waals surface area contributed by atoms with Crippen LogP contribution in [0.5, 0.6) is 0 Å². The van der Waals surface area contributed by atoms with Gasteiger partial charge in [-0.15, -0.1) is 0 Å². The molecule has 1 heterocycles. The molecule has 0 radical (unpaired) electrons. The highest BCUT2D eigenvalue weighted by atomic mass is 16.5.